The van der Waals surface area contributed by atoms with Crippen LogP contribution in [-0.4, -0.2) is 18.9 Å². The molecule has 0 amide bonds. The fourth-order valence-electron chi connectivity index (χ4n) is 0.589. The molecule has 0 saturated carbocycles. The lowest BCUT2D eigenvalue weighted by molar-refractivity contribution is 0.529. The molecule has 9 heavy (non-hydrogen) atoms. The zero-order valence-corrected chi connectivity index (χ0v) is 5.47. The van der Waals surface area contributed by atoms with E-state index in [9.17, 15) is 4.79 Å². The van der Waals surface area contributed by atoms with Gasteiger partial charge in [0.1, 0.15) is 0 Å². The summed E-state index contributed by atoms with van der Waals surface area (Å²) in [6.07, 6.45) is 3.81. The zero-order chi connectivity index (χ0) is 7.11. The molecule has 0 aromatic rings. The fraction of sp³-hybridized carbons (Fsp3) is 0.833. The maximum Gasteiger partial charge on any atom is 0.199 e. The van der Waals surface area contributed by atoms with Crippen molar-refractivity contribution in [3.8, 4) is 0 Å². The Morgan fingerprint density at radius 2 is 2.22 bits per heavy atom. The lowest BCUT2D eigenvalue weighted by Crippen LogP contribution is -2.21. The molecule has 3 nitrogen and oxygen atoms in total. The molecule has 0 rings (SSSR count). The van der Waals surface area contributed by atoms with Crippen LogP contribution in [0.3, 0.4) is 0 Å². The summed E-state index contributed by atoms with van der Waals surface area (Å²) in [6, 6.07) is -0.0361. The molecule has 0 spiro atoms. The van der Waals surface area contributed by atoms with Gasteiger partial charge in [-0.05, 0) is 19.4 Å². The second-order valence-electron chi connectivity index (χ2n) is 2.04. The van der Waals surface area contributed by atoms with E-state index >= 15 is 0 Å². The minimum Gasteiger partial charge on any atom is -0.330 e. The summed E-state index contributed by atoms with van der Waals surface area (Å²) in [5.41, 5.74) is 10.7. The Balaban J connectivity index is 3.04. The topological polar surface area (TPSA) is 69.1 Å². The van der Waals surface area contributed by atoms with Gasteiger partial charge in [0.25, 0.3) is 0 Å². The van der Waals surface area contributed by atoms with Crippen LogP contribution in [0.15, 0.2) is 0 Å². The van der Waals surface area contributed by atoms with Crippen molar-refractivity contribution in [3.63, 3.8) is 0 Å². The highest BCUT2D eigenvalue weighted by Gasteiger charge is 1.99. The monoisotopic (exact) mass is 129 g/mol. The van der Waals surface area contributed by atoms with Crippen molar-refractivity contribution >= 4 is 6.29 Å². The van der Waals surface area contributed by atoms with Gasteiger partial charge in [-0.15, -0.1) is 0 Å². The van der Waals surface area contributed by atoms with Gasteiger partial charge in [-0.25, -0.2) is 0 Å². The molecule has 0 fully saturated rings. The molecule has 4 N–H and O–H groups in total. The summed E-state index contributed by atoms with van der Waals surface area (Å²) in [6.45, 7) is 0.645. The molecule has 0 bridgehead atoms. The first-order valence-corrected chi connectivity index (χ1v) is 3.12. The molecule has 3 heteroatoms. The van der Waals surface area contributed by atoms with Crippen LogP contribution in [0.4, 0.5) is 0 Å². The van der Waals surface area contributed by atoms with Gasteiger partial charge in [0.2, 0.25) is 0 Å². The molecule has 0 aromatic heterocycles. The highest BCUT2D eigenvalue weighted by Crippen LogP contribution is 1.94. The van der Waals surface area contributed by atoms with Crippen LogP contribution in [0, 0.1) is 0 Å². The van der Waals surface area contributed by atoms with Crippen molar-refractivity contribution < 1.29 is 4.79 Å². The van der Waals surface area contributed by atoms with Gasteiger partial charge in [-0.2, -0.15) is 0 Å². The van der Waals surface area contributed by atoms with E-state index < -0.39 is 0 Å². The normalized spacial score (nSPS) is 13.1. The molecule has 53 valence electrons. The van der Waals surface area contributed by atoms with Gasteiger partial charge in [0.05, 0.1) is 0 Å². The van der Waals surface area contributed by atoms with Crippen LogP contribution < -0.4 is 11.5 Å². The Hall–Kier alpha value is -0.410. The first-order chi connectivity index (χ1) is 4.31. The summed E-state index contributed by atoms with van der Waals surface area (Å²) in [7, 11) is 0. The third kappa shape index (κ3) is 5.46. The number of carbonyl (C=O) groups excluding carboxylic acids is 1. The first kappa shape index (κ1) is 8.59. The molecular weight excluding hydrogens is 116 g/mol. The predicted molar refractivity (Wildman–Crippen MR) is 36.6 cm³/mol. The standard InChI is InChI=1S/C6H13N2O/c7-4-1-2-6(8)3-5-9/h6H,1-4,7-8H2. The van der Waals surface area contributed by atoms with Crippen molar-refractivity contribution in [2.24, 2.45) is 11.5 Å². The molecule has 0 aromatic carbocycles. The molecule has 0 saturated heterocycles. The minimum atomic E-state index is -0.0361. The van der Waals surface area contributed by atoms with Crippen LogP contribution in [0.2, 0.25) is 0 Å². The average molecular weight is 129 g/mol. The van der Waals surface area contributed by atoms with Gasteiger partial charge in [0.15, 0.2) is 6.29 Å². The zero-order valence-electron chi connectivity index (χ0n) is 5.47. The smallest absolute Gasteiger partial charge is 0.199 e. The third-order valence-electron chi connectivity index (χ3n) is 1.12. The Morgan fingerprint density at radius 1 is 1.56 bits per heavy atom. The third-order valence-corrected chi connectivity index (χ3v) is 1.12. The quantitative estimate of drug-likeness (QED) is 0.528. The highest BCUT2D eigenvalue weighted by atomic mass is 16.1. The minimum absolute atomic E-state index is 0.0361. The summed E-state index contributed by atoms with van der Waals surface area (Å²) in [4.78, 5) is 9.74. The average Bonchev–Trinajstić information content (AvgIpc) is 1.85. The van der Waals surface area contributed by atoms with E-state index in [0.717, 1.165) is 12.8 Å². The molecule has 1 atom stereocenters. The molecular formula is C6H13N2O. The van der Waals surface area contributed by atoms with Gasteiger partial charge < -0.3 is 11.5 Å². The Labute approximate surface area is 55.4 Å². The molecule has 0 aliphatic heterocycles. The highest BCUT2D eigenvalue weighted by molar-refractivity contribution is 5.51. The van der Waals surface area contributed by atoms with Crippen molar-refractivity contribution in [2.75, 3.05) is 6.54 Å². The van der Waals surface area contributed by atoms with Gasteiger partial charge >= 0.3 is 0 Å². The van der Waals surface area contributed by atoms with E-state index in [1.54, 1.807) is 6.29 Å². The van der Waals surface area contributed by atoms with E-state index in [0.29, 0.717) is 13.0 Å². The summed E-state index contributed by atoms with van der Waals surface area (Å²) in [5, 5.41) is 0. The molecule has 0 aliphatic carbocycles. The molecule has 0 aliphatic rings. The lowest BCUT2D eigenvalue weighted by atomic mass is 10.1. The van der Waals surface area contributed by atoms with Crippen molar-refractivity contribution in [2.45, 2.75) is 25.3 Å². The summed E-state index contributed by atoms with van der Waals surface area (Å²) >= 11 is 0. The van der Waals surface area contributed by atoms with E-state index in [-0.39, 0.29) is 6.04 Å². The van der Waals surface area contributed by atoms with Gasteiger partial charge in [-0.3, -0.25) is 4.79 Å². The largest absolute Gasteiger partial charge is 0.330 e. The maximum absolute atomic E-state index is 9.74. The Kier molecular flexibility index (Phi) is 5.46. The molecule has 1 radical (unpaired) electrons. The second kappa shape index (κ2) is 5.72. The van der Waals surface area contributed by atoms with Crippen LogP contribution >= 0.6 is 0 Å². The Bertz CT molecular complexity index is 75.5. The van der Waals surface area contributed by atoms with Crippen LogP contribution in [0.25, 0.3) is 0 Å². The van der Waals surface area contributed by atoms with Crippen LogP contribution in [-0.2, 0) is 4.79 Å². The molecule has 1 unspecified atom stereocenters. The number of nitrogens with two attached hydrogens (primary N) is 2. The second-order valence-corrected chi connectivity index (χ2v) is 2.04. The number of hydrogen-bond donors (Lipinski definition) is 2. The van der Waals surface area contributed by atoms with E-state index in [4.69, 9.17) is 11.5 Å². The van der Waals surface area contributed by atoms with Crippen molar-refractivity contribution in [1.82, 2.24) is 0 Å². The van der Waals surface area contributed by atoms with Crippen molar-refractivity contribution in [1.29, 1.82) is 0 Å². The lowest BCUT2D eigenvalue weighted by Gasteiger charge is -2.03. The van der Waals surface area contributed by atoms with Gasteiger partial charge in [-0.1, -0.05) is 0 Å². The summed E-state index contributed by atoms with van der Waals surface area (Å²) in [5.74, 6) is 0. The number of rotatable bonds is 5. The van der Waals surface area contributed by atoms with Crippen LogP contribution in [0.1, 0.15) is 19.3 Å². The predicted octanol–water partition coefficient (Wildman–Crippen LogP) is -0.448. The first-order valence-electron chi connectivity index (χ1n) is 3.12. The molecule has 0 heterocycles. The summed E-state index contributed by atoms with van der Waals surface area (Å²) < 4.78 is 0. The fourth-order valence-corrected chi connectivity index (χ4v) is 0.589. The van der Waals surface area contributed by atoms with Crippen molar-refractivity contribution in [3.05, 3.63) is 0 Å². The van der Waals surface area contributed by atoms with E-state index in [2.05, 4.69) is 0 Å². The van der Waals surface area contributed by atoms with Gasteiger partial charge in [0, 0.05) is 12.5 Å². The SMILES string of the molecule is NCCCC(N)C[C]=O. The Morgan fingerprint density at radius 3 is 2.67 bits per heavy atom. The van der Waals surface area contributed by atoms with E-state index in [1.165, 1.54) is 0 Å². The van der Waals surface area contributed by atoms with Crippen LogP contribution in [0.5, 0.6) is 0 Å². The van der Waals surface area contributed by atoms with E-state index in [1.807, 2.05) is 0 Å². The maximum atomic E-state index is 9.74. The number of hydrogen-bond acceptors (Lipinski definition) is 3.